The van der Waals surface area contributed by atoms with Gasteiger partial charge < -0.3 is 19.2 Å². The van der Waals surface area contributed by atoms with E-state index >= 15 is 0 Å². The minimum atomic E-state index is -1.11. The molecule has 146 valence electrons. The van der Waals surface area contributed by atoms with Crippen LogP contribution in [-0.4, -0.2) is 29.7 Å². The molecule has 0 bridgehead atoms. The van der Waals surface area contributed by atoms with E-state index < -0.39 is 23.7 Å². The van der Waals surface area contributed by atoms with Gasteiger partial charge in [0.15, 0.2) is 11.7 Å². The minimum Gasteiger partial charge on any atom is -0.495 e. The molecule has 0 aliphatic heterocycles. The van der Waals surface area contributed by atoms with E-state index in [1.54, 1.807) is 36.4 Å². The van der Waals surface area contributed by atoms with Gasteiger partial charge in [-0.25, -0.2) is 4.79 Å². The molecule has 0 radical (unpaired) electrons. The van der Waals surface area contributed by atoms with Gasteiger partial charge in [0.05, 0.1) is 18.3 Å². The third kappa shape index (κ3) is 4.17. The Morgan fingerprint density at radius 3 is 2.75 bits per heavy atom. The predicted octanol–water partition coefficient (Wildman–Crippen LogP) is 2.83. The number of carbonyl (C=O) groups is 2. The van der Waals surface area contributed by atoms with E-state index in [1.165, 1.54) is 20.1 Å². The Labute approximate surface area is 164 Å². The molecule has 0 aliphatic carbocycles. The monoisotopic (exact) mass is 404 g/mol. The molecule has 2 aromatic carbocycles. The number of methoxy groups -OCH3 is 1. The lowest BCUT2D eigenvalue weighted by Crippen LogP contribution is -2.32. The topological polar surface area (TPSA) is 99.8 Å². The average molecular weight is 405 g/mol. The number of para-hydroxylation sites is 2. The highest BCUT2D eigenvalue weighted by atomic mass is 35.5. The van der Waals surface area contributed by atoms with Crippen molar-refractivity contribution in [3.63, 3.8) is 0 Å². The second kappa shape index (κ2) is 8.18. The highest BCUT2D eigenvalue weighted by molar-refractivity contribution is 6.31. The number of amides is 1. The third-order valence-corrected chi connectivity index (χ3v) is 4.19. The zero-order valence-electron chi connectivity index (χ0n) is 15.1. The smallest absolute Gasteiger partial charge is 0.420 e. The second-order valence-electron chi connectivity index (χ2n) is 5.89. The maximum absolute atomic E-state index is 12.3. The number of carbonyl (C=O) groups excluding carboxylic acids is 2. The number of nitrogens with zero attached hydrogens (tertiary/aromatic N) is 1. The summed E-state index contributed by atoms with van der Waals surface area (Å²) < 4.78 is 16.5. The molecule has 9 heteroatoms. The van der Waals surface area contributed by atoms with Crippen LogP contribution in [0.2, 0.25) is 5.02 Å². The molecule has 1 N–H and O–H groups in total. The molecular weight excluding hydrogens is 388 g/mol. The van der Waals surface area contributed by atoms with E-state index in [0.29, 0.717) is 27.6 Å². The summed E-state index contributed by atoms with van der Waals surface area (Å²) in [6.45, 7) is 1.04. The Bertz CT molecular complexity index is 1090. The largest absolute Gasteiger partial charge is 0.495 e. The molecule has 0 saturated carbocycles. The number of oxazole rings is 1. The molecule has 3 rings (SSSR count). The molecular formula is C19H17ClN2O6. The average Bonchev–Trinajstić information content (AvgIpc) is 2.97. The molecule has 1 heterocycles. The summed E-state index contributed by atoms with van der Waals surface area (Å²) in [5, 5.41) is 3.00. The van der Waals surface area contributed by atoms with Gasteiger partial charge in [0.1, 0.15) is 12.3 Å². The number of anilines is 1. The highest BCUT2D eigenvalue weighted by Gasteiger charge is 2.21. The van der Waals surface area contributed by atoms with Crippen molar-refractivity contribution in [2.24, 2.45) is 0 Å². The number of halogens is 1. The van der Waals surface area contributed by atoms with Crippen LogP contribution < -0.4 is 15.8 Å². The number of benzene rings is 2. The molecule has 1 aromatic heterocycles. The first-order valence-electron chi connectivity index (χ1n) is 8.31. The van der Waals surface area contributed by atoms with E-state index in [1.807, 2.05) is 0 Å². The van der Waals surface area contributed by atoms with Crippen molar-refractivity contribution in [3.8, 4) is 5.75 Å². The van der Waals surface area contributed by atoms with Crippen LogP contribution in [0.5, 0.6) is 5.75 Å². The predicted molar refractivity (Wildman–Crippen MR) is 103 cm³/mol. The molecule has 28 heavy (non-hydrogen) atoms. The lowest BCUT2D eigenvalue weighted by Gasteiger charge is -2.15. The Kier molecular flexibility index (Phi) is 5.70. The van der Waals surface area contributed by atoms with Crippen LogP contribution in [0.1, 0.15) is 6.92 Å². The van der Waals surface area contributed by atoms with Crippen molar-refractivity contribution in [1.82, 2.24) is 4.57 Å². The van der Waals surface area contributed by atoms with Gasteiger partial charge in [-0.05, 0) is 37.3 Å². The number of nitrogens with one attached hydrogen (secondary N) is 1. The van der Waals surface area contributed by atoms with Crippen molar-refractivity contribution in [3.05, 3.63) is 58.0 Å². The van der Waals surface area contributed by atoms with Crippen LogP contribution in [0.3, 0.4) is 0 Å². The molecule has 0 saturated heterocycles. The van der Waals surface area contributed by atoms with Crippen molar-refractivity contribution in [2.45, 2.75) is 19.6 Å². The fourth-order valence-electron chi connectivity index (χ4n) is 2.59. The number of hydrogen-bond donors (Lipinski definition) is 1. The van der Waals surface area contributed by atoms with Crippen LogP contribution in [0.4, 0.5) is 5.69 Å². The number of ether oxygens (including phenoxy) is 2. The van der Waals surface area contributed by atoms with Gasteiger partial charge in [0.2, 0.25) is 0 Å². The Morgan fingerprint density at radius 1 is 1.25 bits per heavy atom. The quantitative estimate of drug-likeness (QED) is 0.634. The van der Waals surface area contributed by atoms with Crippen molar-refractivity contribution < 1.29 is 23.5 Å². The summed E-state index contributed by atoms with van der Waals surface area (Å²) in [5.41, 5.74) is 1.17. The van der Waals surface area contributed by atoms with Gasteiger partial charge in [-0.3, -0.25) is 14.2 Å². The fourth-order valence-corrected chi connectivity index (χ4v) is 2.77. The third-order valence-electron chi connectivity index (χ3n) is 3.96. The van der Waals surface area contributed by atoms with Gasteiger partial charge in [-0.15, -0.1) is 0 Å². The van der Waals surface area contributed by atoms with Crippen molar-refractivity contribution in [1.29, 1.82) is 0 Å². The van der Waals surface area contributed by atoms with Gasteiger partial charge in [0, 0.05) is 5.02 Å². The van der Waals surface area contributed by atoms with E-state index in [2.05, 4.69) is 5.32 Å². The Morgan fingerprint density at radius 2 is 2.00 bits per heavy atom. The second-order valence-corrected chi connectivity index (χ2v) is 6.32. The summed E-state index contributed by atoms with van der Waals surface area (Å²) >= 11 is 5.93. The lowest BCUT2D eigenvalue weighted by molar-refractivity contribution is -0.153. The first kappa shape index (κ1) is 19.5. The maximum Gasteiger partial charge on any atom is 0.420 e. The van der Waals surface area contributed by atoms with Crippen LogP contribution in [-0.2, 0) is 20.9 Å². The van der Waals surface area contributed by atoms with Crippen LogP contribution in [0, 0.1) is 0 Å². The van der Waals surface area contributed by atoms with Gasteiger partial charge >= 0.3 is 11.7 Å². The van der Waals surface area contributed by atoms with E-state index in [4.69, 9.17) is 25.5 Å². The molecule has 0 aliphatic rings. The number of esters is 1. The van der Waals surface area contributed by atoms with Gasteiger partial charge in [-0.2, -0.15) is 0 Å². The standard InChI is InChI=1S/C19H17ClN2O6/c1-11(18(24)21-13-9-12(20)7-8-15(13)26-2)27-17(23)10-22-14-5-3-4-6-16(14)28-19(22)25/h3-9,11H,10H2,1-2H3,(H,21,24)/t11-/m0/s1. The zero-order valence-corrected chi connectivity index (χ0v) is 15.9. The number of fused-ring (bicyclic) bond motifs is 1. The molecule has 1 amide bonds. The summed E-state index contributed by atoms with van der Waals surface area (Å²) in [6, 6.07) is 11.4. The summed E-state index contributed by atoms with van der Waals surface area (Å²) in [5.74, 6) is -1.60. The molecule has 0 spiro atoms. The summed E-state index contributed by atoms with van der Waals surface area (Å²) in [7, 11) is 1.45. The fraction of sp³-hybridized carbons (Fsp3) is 0.211. The van der Waals surface area contributed by atoms with Crippen molar-refractivity contribution >= 4 is 40.3 Å². The Balaban J connectivity index is 1.67. The van der Waals surface area contributed by atoms with Gasteiger partial charge in [-0.1, -0.05) is 23.7 Å². The zero-order chi connectivity index (χ0) is 20.3. The number of aromatic nitrogens is 1. The molecule has 0 unspecified atom stereocenters. The van der Waals surface area contributed by atoms with E-state index in [9.17, 15) is 14.4 Å². The molecule has 3 aromatic rings. The maximum atomic E-state index is 12.3. The van der Waals surface area contributed by atoms with Crippen LogP contribution >= 0.6 is 11.6 Å². The van der Waals surface area contributed by atoms with E-state index in [-0.39, 0.29) is 6.54 Å². The highest BCUT2D eigenvalue weighted by Crippen LogP contribution is 2.27. The normalized spacial score (nSPS) is 11.8. The summed E-state index contributed by atoms with van der Waals surface area (Å²) in [4.78, 5) is 36.5. The first-order valence-corrected chi connectivity index (χ1v) is 8.69. The first-order chi connectivity index (χ1) is 13.4. The minimum absolute atomic E-state index is 0.347. The van der Waals surface area contributed by atoms with Gasteiger partial charge in [0.25, 0.3) is 5.91 Å². The summed E-state index contributed by atoms with van der Waals surface area (Å²) in [6.07, 6.45) is -1.11. The lowest BCUT2D eigenvalue weighted by atomic mass is 10.2. The SMILES string of the molecule is COc1ccc(Cl)cc1NC(=O)[C@H](C)OC(=O)Cn1c(=O)oc2ccccc21. The molecule has 8 nitrogen and oxygen atoms in total. The van der Waals surface area contributed by atoms with E-state index in [0.717, 1.165) is 4.57 Å². The number of hydrogen-bond acceptors (Lipinski definition) is 6. The van der Waals surface area contributed by atoms with Crippen LogP contribution in [0.15, 0.2) is 51.7 Å². The number of rotatable bonds is 6. The molecule has 1 atom stereocenters. The Hall–Kier alpha value is -3.26. The van der Waals surface area contributed by atoms with Crippen molar-refractivity contribution in [2.75, 3.05) is 12.4 Å². The molecule has 0 fully saturated rings. The van der Waals surface area contributed by atoms with Crippen LogP contribution in [0.25, 0.3) is 11.1 Å².